The number of nitrogens with one attached hydrogen (secondary N) is 1. The Morgan fingerprint density at radius 2 is 1.88 bits per heavy atom. The van der Waals surface area contributed by atoms with Gasteiger partial charge in [0, 0.05) is 16.5 Å². The Hall–Kier alpha value is -1.54. The monoisotopic (exact) mass is 410 g/mol. The first-order valence-corrected chi connectivity index (χ1v) is 11.2. The SMILES string of the molecule is CSc1ccccc1NC(=O)[C@@H]1CCCN1S(=O)(=O)c1ccc(Cl)cc1. The fraction of sp³-hybridized carbons (Fsp3) is 0.278. The first-order chi connectivity index (χ1) is 12.4. The number of sulfonamides is 1. The predicted octanol–water partition coefficient (Wildman–Crippen LogP) is 3.85. The molecule has 2 aromatic carbocycles. The molecular weight excluding hydrogens is 392 g/mol. The van der Waals surface area contributed by atoms with E-state index in [2.05, 4.69) is 5.32 Å². The van der Waals surface area contributed by atoms with Gasteiger partial charge in [0.2, 0.25) is 15.9 Å². The van der Waals surface area contributed by atoms with Crippen molar-refractivity contribution in [3.63, 3.8) is 0 Å². The largest absolute Gasteiger partial charge is 0.324 e. The van der Waals surface area contributed by atoms with E-state index in [-0.39, 0.29) is 10.8 Å². The summed E-state index contributed by atoms with van der Waals surface area (Å²) in [6.07, 6.45) is 3.08. The lowest BCUT2D eigenvalue weighted by molar-refractivity contribution is -0.119. The molecule has 1 amide bonds. The number of para-hydroxylation sites is 1. The maximum absolute atomic E-state index is 12.9. The van der Waals surface area contributed by atoms with Crippen LogP contribution < -0.4 is 5.32 Å². The van der Waals surface area contributed by atoms with Gasteiger partial charge < -0.3 is 5.32 Å². The third-order valence-corrected chi connectivity index (χ3v) is 7.26. The second-order valence-electron chi connectivity index (χ2n) is 5.92. The number of thioether (sulfide) groups is 1. The second kappa shape index (κ2) is 8.00. The summed E-state index contributed by atoms with van der Waals surface area (Å²) in [5.74, 6) is -0.304. The van der Waals surface area contributed by atoms with Crippen molar-refractivity contribution in [1.82, 2.24) is 4.31 Å². The Labute approximate surface area is 162 Å². The normalized spacial score (nSPS) is 18.0. The van der Waals surface area contributed by atoms with Gasteiger partial charge in [-0.25, -0.2) is 8.42 Å². The smallest absolute Gasteiger partial charge is 0.243 e. The minimum absolute atomic E-state index is 0.145. The van der Waals surface area contributed by atoms with Gasteiger partial charge in [0.05, 0.1) is 10.6 Å². The molecule has 0 spiro atoms. The van der Waals surface area contributed by atoms with Crippen LogP contribution in [0, 0.1) is 0 Å². The molecule has 2 aromatic rings. The highest BCUT2D eigenvalue weighted by Gasteiger charge is 2.39. The van der Waals surface area contributed by atoms with Crippen molar-refractivity contribution in [3.8, 4) is 0 Å². The Balaban J connectivity index is 1.83. The highest BCUT2D eigenvalue weighted by atomic mass is 35.5. The van der Waals surface area contributed by atoms with Crippen LogP contribution in [0.1, 0.15) is 12.8 Å². The minimum atomic E-state index is -3.75. The predicted molar refractivity (Wildman–Crippen MR) is 105 cm³/mol. The zero-order valence-electron chi connectivity index (χ0n) is 14.2. The summed E-state index contributed by atoms with van der Waals surface area (Å²) < 4.78 is 27.2. The molecular formula is C18H19ClN2O3S2. The van der Waals surface area contributed by atoms with Gasteiger partial charge in [0.15, 0.2) is 0 Å². The average Bonchev–Trinajstić information content (AvgIpc) is 3.13. The molecule has 8 heteroatoms. The first-order valence-electron chi connectivity index (χ1n) is 8.15. The molecule has 0 aliphatic carbocycles. The Bertz CT molecular complexity index is 901. The van der Waals surface area contributed by atoms with Crippen LogP contribution in [-0.4, -0.2) is 37.5 Å². The lowest BCUT2D eigenvalue weighted by Gasteiger charge is -2.23. The molecule has 0 unspecified atom stereocenters. The van der Waals surface area contributed by atoms with E-state index in [1.807, 2.05) is 30.5 Å². The number of rotatable bonds is 5. The topological polar surface area (TPSA) is 66.5 Å². The van der Waals surface area contributed by atoms with Crippen molar-refractivity contribution in [2.75, 3.05) is 18.1 Å². The number of hydrogen-bond donors (Lipinski definition) is 1. The van der Waals surface area contributed by atoms with E-state index in [9.17, 15) is 13.2 Å². The van der Waals surface area contributed by atoms with Gasteiger partial charge in [-0.3, -0.25) is 4.79 Å². The fourth-order valence-corrected chi connectivity index (χ4v) is 5.33. The molecule has 138 valence electrons. The van der Waals surface area contributed by atoms with Crippen LogP contribution in [0.3, 0.4) is 0 Å². The van der Waals surface area contributed by atoms with Crippen LogP contribution in [0.15, 0.2) is 58.3 Å². The summed E-state index contributed by atoms with van der Waals surface area (Å²) in [6.45, 7) is 0.327. The van der Waals surface area contributed by atoms with Crippen molar-refractivity contribution in [2.24, 2.45) is 0 Å². The molecule has 26 heavy (non-hydrogen) atoms. The zero-order valence-corrected chi connectivity index (χ0v) is 16.6. The molecule has 3 rings (SSSR count). The molecule has 1 saturated heterocycles. The number of anilines is 1. The van der Waals surface area contributed by atoms with Gasteiger partial charge in [0.25, 0.3) is 0 Å². The lowest BCUT2D eigenvalue weighted by atomic mass is 10.2. The number of nitrogens with zero attached hydrogens (tertiary/aromatic N) is 1. The van der Waals surface area contributed by atoms with Crippen molar-refractivity contribution in [3.05, 3.63) is 53.6 Å². The van der Waals surface area contributed by atoms with Crippen LogP contribution in [0.4, 0.5) is 5.69 Å². The van der Waals surface area contributed by atoms with Crippen LogP contribution in [-0.2, 0) is 14.8 Å². The van der Waals surface area contributed by atoms with E-state index in [1.54, 1.807) is 0 Å². The zero-order chi connectivity index (χ0) is 18.7. The van der Waals surface area contributed by atoms with Crippen LogP contribution in [0.2, 0.25) is 5.02 Å². The molecule has 5 nitrogen and oxygen atoms in total. The molecule has 0 radical (unpaired) electrons. The molecule has 1 N–H and O–H groups in total. The number of halogens is 1. The Morgan fingerprint density at radius 1 is 1.19 bits per heavy atom. The molecule has 0 saturated carbocycles. The number of hydrogen-bond acceptors (Lipinski definition) is 4. The molecule has 1 atom stereocenters. The fourth-order valence-electron chi connectivity index (χ4n) is 3.00. The molecule has 0 bridgehead atoms. The molecule has 1 aliphatic heterocycles. The molecule has 1 heterocycles. The average molecular weight is 411 g/mol. The first kappa shape index (κ1) is 19.2. The van der Waals surface area contributed by atoms with E-state index in [0.717, 1.165) is 4.90 Å². The van der Waals surface area contributed by atoms with Gasteiger partial charge in [-0.1, -0.05) is 23.7 Å². The van der Waals surface area contributed by atoms with Crippen molar-refractivity contribution < 1.29 is 13.2 Å². The summed E-state index contributed by atoms with van der Waals surface area (Å²) in [4.78, 5) is 13.9. The molecule has 1 aliphatic rings. The Kier molecular flexibility index (Phi) is 5.92. The lowest BCUT2D eigenvalue weighted by Crippen LogP contribution is -2.43. The quantitative estimate of drug-likeness (QED) is 0.760. The van der Waals surface area contributed by atoms with Crippen molar-refractivity contribution in [2.45, 2.75) is 28.7 Å². The maximum atomic E-state index is 12.9. The summed E-state index contributed by atoms with van der Waals surface area (Å²) in [5.41, 5.74) is 0.695. The van der Waals surface area contributed by atoms with Gasteiger partial charge in [-0.15, -0.1) is 11.8 Å². The number of amides is 1. The highest BCUT2D eigenvalue weighted by molar-refractivity contribution is 7.98. The van der Waals surface area contributed by atoms with E-state index in [1.165, 1.54) is 40.3 Å². The van der Waals surface area contributed by atoms with E-state index in [0.29, 0.717) is 30.1 Å². The number of carbonyl (C=O) groups is 1. The number of benzene rings is 2. The molecule has 1 fully saturated rings. The van der Waals surface area contributed by atoms with Crippen LogP contribution >= 0.6 is 23.4 Å². The Morgan fingerprint density at radius 3 is 2.58 bits per heavy atom. The van der Waals surface area contributed by atoms with E-state index >= 15 is 0 Å². The van der Waals surface area contributed by atoms with Crippen LogP contribution in [0.5, 0.6) is 0 Å². The summed E-state index contributed by atoms with van der Waals surface area (Å²) in [5, 5.41) is 3.35. The standard InChI is InChI=1S/C18H19ClN2O3S2/c1-25-17-7-3-2-5-15(17)20-18(22)16-6-4-12-21(16)26(23,24)14-10-8-13(19)9-11-14/h2-3,5,7-11,16H,4,6,12H2,1H3,(H,20,22)/t16-/m0/s1. The third-order valence-electron chi connectivity index (χ3n) is 4.29. The van der Waals surface area contributed by atoms with Crippen molar-refractivity contribution in [1.29, 1.82) is 0 Å². The second-order valence-corrected chi connectivity index (χ2v) is 9.09. The van der Waals surface area contributed by atoms with Crippen LogP contribution in [0.25, 0.3) is 0 Å². The summed E-state index contributed by atoms with van der Waals surface area (Å²) in [7, 11) is -3.75. The highest BCUT2D eigenvalue weighted by Crippen LogP contribution is 2.29. The number of carbonyl (C=O) groups excluding carboxylic acids is 1. The summed E-state index contributed by atoms with van der Waals surface area (Å²) in [6, 6.07) is 12.8. The van der Waals surface area contributed by atoms with E-state index in [4.69, 9.17) is 11.6 Å². The van der Waals surface area contributed by atoms with Crippen molar-refractivity contribution >= 4 is 45.0 Å². The summed E-state index contributed by atoms with van der Waals surface area (Å²) >= 11 is 7.37. The van der Waals surface area contributed by atoms with Gasteiger partial charge in [0.1, 0.15) is 6.04 Å². The van der Waals surface area contributed by atoms with Gasteiger partial charge in [-0.05, 0) is 55.5 Å². The van der Waals surface area contributed by atoms with Gasteiger partial charge in [-0.2, -0.15) is 4.31 Å². The maximum Gasteiger partial charge on any atom is 0.243 e. The minimum Gasteiger partial charge on any atom is -0.324 e. The van der Waals surface area contributed by atoms with E-state index < -0.39 is 16.1 Å². The third kappa shape index (κ3) is 3.91. The van der Waals surface area contributed by atoms with Gasteiger partial charge >= 0.3 is 0 Å². The molecule has 0 aromatic heterocycles.